The molecule has 0 aromatic heterocycles. The minimum absolute atomic E-state index is 0.643. The molecule has 88 valence electrons. The molecule has 2 rings (SSSR count). The largest absolute Gasteiger partial charge is 0.329 e. The molecule has 1 unspecified atom stereocenters. The van der Waals surface area contributed by atoms with E-state index in [1.807, 2.05) is 11.8 Å². The number of hydrogen-bond acceptors (Lipinski definition) is 3. The molecule has 1 aliphatic rings. The van der Waals surface area contributed by atoms with Gasteiger partial charge in [0, 0.05) is 37.2 Å². The zero-order valence-corrected chi connectivity index (χ0v) is 10.5. The maximum Gasteiger partial charge on any atom is 0.0298 e. The number of rotatable bonds is 4. The lowest BCUT2D eigenvalue weighted by molar-refractivity contribution is 0.287. The lowest BCUT2D eigenvalue weighted by Crippen LogP contribution is -2.41. The van der Waals surface area contributed by atoms with Gasteiger partial charge in [0.15, 0.2) is 0 Å². The molecule has 2 N–H and O–H groups in total. The normalized spacial score (nSPS) is 22.2. The highest BCUT2D eigenvalue weighted by molar-refractivity contribution is 8.00. The highest BCUT2D eigenvalue weighted by Gasteiger charge is 2.18. The van der Waals surface area contributed by atoms with Gasteiger partial charge in [-0.25, -0.2) is 0 Å². The molecule has 0 aliphatic carbocycles. The summed E-state index contributed by atoms with van der Waals surface area (Å²) in [7, 11) is 0. The number of hydrogen-bond donors (Lipinski definition) is 1. The number of benzene rings is 1. The van der Waals surface area contributed by atoms with E-state index in [-0.39, 0.29) is 0 Å². The van der Waals surface area contributed by atoms with Crippen molar-refractivity contribution in [1.29, 1.82) is 0 Å². The molecule has 0 spiro atoms. The molecular weight excluding hydrogens is 216 g/mol. The van der Waals surface area contributed by atoms with Crippen molar-refractivity contribution in [3.63, 3.8) is 0 Å². The Labute approximate surface area is 102 Å². The summed E-state index contributed by atoms with van der Waals surface area (Å²) in [5.41, 5.74) is 7.16. The Morgan fingerprint density at radius 2 is 2.12 bits per heavy atom. The first-order chi connectivity index (χ1) is 7.88. The lowest BCUT2D eigenvalue weighted by Gasteiger charge is -2.31. The first-order valence-corrected chi connectivity index (χ1v) is 7.01. The molecule has 1 saturated heterocycles. The molecule has 0 saturated carbocycles. The first-order valence-electron chi connectivity index (χ1n) is 5.96. The van der Waals surface area contributed by atoms with Crippen molar-refractivity contribution in [3.05, 3.63) is 35.9 Å². The number of nitrogens with zero attached hydrogens (tertiary/aromatic N) is 1. The van der Waals surface area contributed by atoms with Crippen LogP contribution in [0, 0.1) is 0 Å². The monoisotopic (exact) mass is 236 g/mol. The van der Waals surface area contributed by atoms with Crippen LogP contribution >= 0.6 is 11.8 Å². The fraction of sp³-hybridized carbons (Fsp3) is 0.538. The van der Waals surface area contributed by atoms with Gasteiger partial charge in [0.05, 0.1) is 0 Å². The quantitative estimate of drug-likeness (QED) is 0.861. The summed E-state index contributed by atoms with van der Waals surface area (Å²) in [5, 5.41) is 0.643. The minimum Gasteiger partial charge on any atom is -0.329 e. The second-order valence-corrected chi connectivity index (χ2v) is 5.67. The molecule has 1 aromatic carbocycles. The Bertz CT molecular complexity index is 302. The van der Waals surface area contributed by atoms with Crippen molar-refractivity contribution < 1.29 is 0 Å². The Morgan fingerprint density at radius 1 is 1.31 bits per heavy atom. The Balaban J connectivity index is 1.77. The van der Waals surface area contributed by atoms with E-state index in [9.17, 15) is 0 Å². The van der Waals surface area contributed by atoms with Crippen molar-refractivity contribution in [2.75, 3.05) is 31.9 Å². The maximum atomic E-state index is 5.73. The van der Waals surface area contributed by atoms with Gasteiger partial charge in [-0.2, -0.15) is 11.8 Å². The summed E-state index contributed by atoms with van der Waals surface area (Å²) in [6, 6.07) is 10.7. The van der Waals surface area contributed by atoms with E-state index in [1.54, 1.807) is 0 Å². The molecule has 0 amide bonds. The third-order valence-corrected chi connectivity index (χ3v) is 4.28. The second-order valence-electron chi connectivity index (χ2n) is 4.26. The Morgan fingerprint density at radius 3 is 2.88 bits per heavy atom. The fourth-order valence-corrected chi connectivity index (χ4v) is 3.21. The highest BCUT2D eigenvalue weighted by Crippen LogP contribution is 2.17. The van der Waals surface area contributed by atoms with Crippen LogP contribution in [0.15, 0.2) is 30.3 Å². The molecular formula is C13H20N2S. The maximum absolute atomic E-state index is 5.73. The summed E-state index contributed by atoms with van der Waals surface area (Å²) in [5.74, 6) is 1.23. The van der Waals surface area contributed by atoms with Crippen molar-refractivity contribution in [2.45, 2.75) is 11.7 Å². The standard InChI is InChI=1S/C13H20N2S/c14-10-13-11-15(8-9-16-13)7-6-12-4-2-1-3-5-12/h1-5,13H,6-11,14H2. The first kappa shape index (κ1) is 12.0. The third kappa shape index (κ3) is 3.51. The highest BCUT2D eigenvalue weighted by atomic mass is 32.2. The smallest absolute Gasteiger partial charge is 0.0298 e. The van der Waals surface area contributed by atoms with E-state index in [2.05, 4.69) is 35.2 Å². The van der Waals surface area contributed by atoms with Gasteiger partial charge in [-0.1, -0.05) is 30.3 Å². The van der Waals surface area contributed by atoms with Gasteiger partial charge < -0.3 is 10.6 Å². The lowest BCUT2D eigenvalue weighted by atomic mass is 10.1. The van der Waals surface area contributed by atoms with Gasteiger partial charge in [0.2, 0.25) is 0 Å². The third-order valence-electron chi connectivity index (χ3n) is 3.05. The van der Waals surface area contributed by atoms with E-state index in [0.29, 0.717) is 5.25 Å². The van der Waals surface area contributed by atoms with Crippen LogP contribution in [0.1, 0.15) is 5.56 Å². The van der Waals surface area contributed by atoms with Crippen LogP contribution in [-0.2, 0) is 6.42 Å². The van der Waals surface area contributed by atoms with Gasteiger partial charge in [-0.05, 0) is 12.0 Å². The number of thioether (sulfide) groups is 1. The molecule has 1 aliphatic heterocycles. The predicted octanol–water partition coefficient (Wildman–Crippen LogP) is 1.61. The Hall–Kier alpha value is -0.510. The van der Waals surface area contributed by atoms with E-state index in [4.69, 9.17) is 5.73 Å². The molecule has 1 heterocycles. The molecule has 0 bridgehead atoms. The van der Waals surface area contributed by atoms with Crippen LogP contribution in [0.4, 0.5) is 0 Å². The molecule has 1 atom stereocenters. The fourth-order valence-electron chi connectivity index (χ4n) is 2.06. The Kier molecular flexibility index (Phi) is 4.69. The molecule has 0 radical (unpaired) electrons. The summed E-state index contributed by atoms with van der Waals surface area (Å²) < 4.78 is 0. The van der Waals surface area contributed by atoms with Crippen LogP contribution in [0.3, 0.4) is 0 Å². The van der Waals surface area contributed by atoms with Gasteiger partial charge in [0.1, 0.15) is 0 Å². The second kappa shape index (κ2) is 6.28. The van der Waals surface area contributed by atoms with Gasteiger partial charge >= 0.3 is 0 Å². The van der Waals surface area contributed by atoms with Crippen molar-refractivity contribution >= 4 is 11.8 Å². The number of nitrogens with two attached hydrogens (primary N) is 1. The van der Waals surface area contributed by atoms with Crippen molar-refractivity contribution in [2.24, 2.45) is 5.73 Å². The molecule has 2 nitrogen and oxygen atoms in total. The van der Waals surface area contributed by atoms with Crippen LogP contribution in [0.5, 0.6) is 0 Å². The SMILES string of the molecule is NCC1CN(CCc2ccccc2)CCS1. The van der Waals surface area contributed by atoms with E-state index in [1.165, 1.54) is 24.4 Å². The summed E-state index contributed by atoms with van der Waals surface area (Å²) in [6.45, 7) is 4.36. The van der Waals surface area contributed by atoms with Gasteiger partial charge in [-0.3, -0.25) is 0 Å². The predicted molar refractivity (Wildman–Crippen MR) is 71.9 cm³/mol. The zero-order chi connectivity index (χ0) is 11.2. The van der Waals surface area contributed by atoms with Crippen molar-refractivity contribution in [3.8, 4) is 0 Å². The van der Waals surface area contributed by atoms with Gasteiger partial charge in [-0.15, -0.1) is 0 Å². The van der Waals surface area contributed by atoms with Crippen LogP contribution in [0.25, 0.3) is 0 Å². The van der Waals surface area contributed by atoms with Crippen LogP contribution in [-0.4, -0.2) is 42.1 Å². The summed E-state index contributed by atoms with van der Waals surface area (Å²) in [4.78, 5) is 2.54. The summed E-state index contributed by atoms with van der Waals surface area (Å²) in [6.07, 6.45) is 1.16. The zero-order valence-electron chi connectivity index (χ0n) is 9.64. The molecule has 1 fully saturated rings. The van der Waals surface area contributed by atoms with Crippen LogP contribution in [0.2, 0.25) is 0 Å². The van der Waals surface area contributed by atoms with Gasteiger partial charge in [0.25, 0.3) is 0 Å². The van der Waals surface area contributed by atoms with E-state index < -0.39 is 0 Å². The minimum atomic E-state index is 0.643. The molecule has 1 aromatic rings. The summed E-state index contributed by atoms with van der Waals surface area (Å²) >= 11 is 2.02. The van der Waals surface area contributed by atoms with E-state index >= 15 is 0 Å². The topological polar surface area (TPSA) is 29.3 Å². The van der Waals surface area contributed by atoms with E-state index in [0.717, 1.165) is 19.5 Å². The van der Waals surface area contributed by atoms with Crippen molar-refractivity contribution in [1.82, 2.24) is 4.90 Å². The average Bonchev–Trinajstić information content (AvgIpc) is 2.38. The average molecular weight is 236 g/mol. The van der Waals surface area contributed by atoms with Crippen LogP contribution < -0.4 is 5.73 Å². The molecule has 3 heteroatoms. The molecule has 16 heavy (non-hydrogen) atoms.